The summed E-state index contributed by atoms with van der Waals surface area (Å²) >= 11 is -0.250. The number of benzene rings is 1. The molecule has 1 aromatic rings. The molecule has 0 bridgehead atoms. The molecule has 3 nitrogen and oxygen atoms in total. The van der Waals surface area contributed by atoms with Crippen molar-refractivity contribution in [1.29, 1.82) is 0 Å². The van der Waals surface area contributed by atoms with Gasteiger partial charge < -0.3 is 0 Å². The summed E-state index contributed by atoms with van der Waals surface area (Å²) in [7, 11) is 0. The van der Waals surface area contributed by atoms with Gasteiger partial charge in [-0.15, -0.1) is 0 Å². The maximum absolute atomic E-state index is 12.1. The second-order valence-electron chi connectivity index (χ2n) is 3.39. The van der Waals surface area contributed by atoms with Gasteiger partial charge in [-0.1, -0.05) is 0 Å². The van der Waals surface area contributed by atoms with Crippen LogP contribution in [0.5, 0.6) is 0 Å². The summed E-state index contributed by atoms with van der Waals surface area (Å²) in [6.45, 7) is 0. The number of anilines is 1. The van der Waals surface area contributed by atoms with E-state index < -0.39 is 17.3 Å². The molecule has 2 amide bonds. The summed E-state index contributed by atoms with van der Waals surface area (Å²) in [6.07, 6.45) is 2.22. The molecule has 1 aliphatic rings. The van der Waals surface area contributed by atoms with Crippen molar-refractivity contribution in [3.05, 3.63) is 36.4 Å². The second-order valence-corrected chi connectivity index (χ2v) is 4.53. The standard InChI is InChI=1S/C11H6F3NO2S/c12-11(13,14)18-8-3-1-7(2-4-8)15-9(16)5-6-10(15)17/h1-6H. The maximum atomic E-state index is 12.1. The molecule has 0 radical (unpaired) electrons. The third-order valence-electron chi connectivity index (χ3n) is 2.14. The van der Waals surface area contributed by atoms with Gasteiger partial charge in [-0.3, -0.25) is 9.59 Å². The highest BCUT2D eigenvalue weighted by atomic mass is 32.2. The molecule has 18 heavy (non-hydrogen) atoms. The summed E-state index contributed by atoms with van der Waals surface area (Å²) in [5.41, 5.74) is -4.11. The van der Waals surface area contributed by atoms with Crippen molar-refractivity contribution in [1.82, 2.24) is 0 Å². The molecule has 0 saturated heterocycles. The molecule has 94 valence electrons. The van der Waals surface area contributed by atoms with E-state index in [9.17, 15) is 22.8 Å². The van der Waals surface area contributed by atoms with Gasteiger partial charge in [-0.05, 0) is 36.0 Å². The molecule has 1 aliphatic heterocycles. The SMILES string of the molecule is O=C1C=CC(=O)N1c1ccc(SC(F)(F)F)cc1. The number of rotatable bonds is 2. The van der Waals surface area contributed by atoms with Crippen LogP contribution in [-0.4, -0.2) is 17.3 Å². The first-order valence-corrected chi connectivity index (χ1v) is 5.60. The summed E-state index contributed by atoms with van der Waals surface area (Å²) in [5.74, 6) is -1.01. The molecule has 7 heteroatoms. The molecule has 0 unspecified atom stereocenters. The minimum atomic E-state index is -4.36. The molecule has 0 spiro atoms. The smallest absolute Gasteiger partial charge is 0.269 e. The molecular formula is C11H6F3NO2S. The van der Waals surface area contributed by atoms with Crippen molar-refractivity contribution in [2.75, 3.05) is 4.90 Å². The number of alkyl halides is 3. The maximum Gasteiger partial charge on any atom is 0.446 e. The molecule has 1 aromatic carbocycles. The van der Waals surface area contributed by atoms with Crippen molar-refractivity contribution in [3.8, 4) is 0 Å². The van der Waals surface area contributed by atoms with E-state index in [-0.39, 0.29) is 22.3 Å². The highest BCUT2D eigenvalue weighted by Crippen LogP contribution is 2.37. The van der Waals surface area contributed by atoms with Crippen LogP contribution in [0.1, 0.15) is 0 Å². The van der Waals surface area contributed by atoms with E-state index in [2.05, 4.69) is 0 Å². The Morgan fingerprint density at radius 3 is 1.89 bits per heavy atom. The Kier molecular flexibility index (Phi) is 3.16. The molecule has 0 N–H and O–H groups in total. The zero-order chi connectivity index (χ0) is 13.3. The predicted octanol–water partition coefficient (Wildman–Crippen LogP) is 2.73. The van der Waals surface area contributed by atoms with Crippen LogP contribution in [0.15, 0.2) is 41.3 Å². The zero-order valence-corrected chi connectivity index (χ0v) is 9.59. The van der Waals surface area contributed by atoms with Gasteiger partial charge in [-0.25, -0.2) is 4.90 Å². The summed E-state index contributed by atoms with van der Waals surface area (Å²) in [5, 5.41) is 0. The third-order valence-corrected chi connectivity index (χ3v) is 2.88. The van der Waals surface area contributed by atoms with Gasteiger partial charge in [0.2, 0.25) is 0 Å². The minimum Gasteiger partial charge on any atom is -0.269 e. The minimum absolute atomic E-state index is 0.00157. The number of imide groups is 1. The van der Waals surface area contributed by atoms with E-state index in [0.717, 1.165) is 17.1 Å². The van der Waals surface area contributed by atoms with Gasteiger partial charge in [-0.2, -0.15) is 13.2 Å². The molecular weight excluding hydrogens is 267 g/mol. The number of amides is 2. The van der Waals surface area contributed by atoms with Crippen LogP contribution in [0.25, 0.3) is 0 Å². The van der Waals surface area contributed by atoms with Crippen LogP contribution < -0.4 is 4.90 Å². The Bertz CT molecular complexity index is 504. The van der Waals surface area contributed by atoms with Gasteiger partial charge in [0.15, 0.2) is 0 Å². The lowest BCUT2D eigenvalue weighted by molar-refractivity contribution is -0.120. The topological polar surface area (TPSA) is 37.4 Å². The fraction of sp³-hybridized carbons (Fsp3) is 0.0909. The Labute approximate surface area is 104 Å². The Morgan fingerprint density at radius 2 is 1.44 bits per heavy atom. The van der Waals surface area contributed by atoms with E-state index in [1.54, 1.807) is 0 Å². The van der Waals surface area contributed by atoms with Crippen LogP contribution in [0.3, 0.4) is 0 Å². The number of nitrogens with zero attached hydrogens (tertiary/aromatic N) is 1. The van der Waals surface area contributed by atoms with Gasteiger partial charge in [0.05, 0.1) is 5.69 Å². The number of carbonyl (C=O) groups excluding carboxylic acids is 2. The van der Waals surface area contributed by atoms with Gasteiger partial charge in [0.25, 0.3) is 11.8 Å². The summed E-state index contributed by atoms with van der Waals surface area (Å²) in [6, 6.07) is 5.03. The quantitative estimate of drug-likeness (QED) is 0.614. The van der Waals surface area contributed by atoms with E-state index in [0.29, 0.717) is 0 Å². The van der Waals surface area contributed by atoms with Gasteiger partial charge >= 0.3 is 5.51 Å². The third kappa shape index (κ3) is 2.73. The average molecular weight is 273 g/mol. The van der Waals surface area contributed by atoms with Crippen LogP contribution in [0.2, 0.25) is 0 Å². The fourth-order valence-corrected chi connectivity index (χ4v) is 1.99. The van der Waals surface area contributed by atoms with Crippen molar-refractivity contribution in [3.63, 3.8) is 0 Å². The normalized spacial score (nSPS) is 15.6. The summed E-state index contributed by atoms with van der Waals surface area (Å²) in [4.78, 5) is 23.6. The number of hydrogen-bond donors (Lipinski definition) is 0. The van der Waals surface area contributed by atoms with Crippen LogP contribution in [0.4, 0.5) is 18.9 Å². The predicted molar refractivity (Wildman–Crippen MR) is 60.0 cm³/mol. The van der Waals surface area contributed by atoms with Crippen LogP contribution in [0, 0.1) is 0 Å². The second kappa shape index (κ2) is 4.49. The first kappa shape index (κ1) is 12.7. The zero-order valence-electron chi connectivity index (χ0n) is 8.77. The largest absolute Gasteiger partial charge is 0.446 e. The van der Waals surface area contributed by atoms with Crippen LogP contribution in [-0.2, 0) is 9.59 Å². The van der Waals surface area contributed by atoms with E-state index in [1.807, 2.05) is 0 Å². The van der Waals surface area contributed by atoms with E-state index in [1.165, 1.54) is 24.3 Å². The fourth-order valence-electron chi connectivity index (χ4n) is 1.45. The molecule has 0 saturated carbocycles. The van der Waals surface area contributed by atoms with E-state index in [4.69, 9.17) is 0 Å². The Morgan fingerprint density at radius 1 is 0.944 bits per heavy atom. The van der Waals surface area contributed by atoms with Crippen molar-refractivity contribution < 1.29 is 22.8 Å². The first-order chi connectivity index (χ1) is 8.37. The lowest BCUT2D eigenvalue weighted by Crippen LogP contribution is -2.29. The summed E-state index contributed by atoms with van der Waals surface area (Å²) < 4.78 is 36.3. The average Bonchev–Trinajstić information content (AvgIpc) is 2.58. The highest BCUT2D eigenvalue weighted by molar-refractivity contribution is 8.00. The first-order valence-electron chi connectivity index (χ1n) is 4.79. The molecule has 0 atom stereocenters. The number of carbonyl (C=O) groups is 2. The number of hydrogen-bond acceptors (Lipinski definition) is 3. The molecule has 0 fully saturated rings. The number of thioether (sulfide) groups is 1. The lowest BCUT2D eigenvalue weighted by Gasteiger charge is -2.14. The van der Waals surface area contributed by atoms with E-state index >= 15 is 0 Å². The Hall–Kier alpha value is -1.76. The number of halogens is 3. The Balaban J connectivity index is 2.18. The lowest BCUT2D eigenvalue weighted by atomic mass is 10.3. The van der Waals surface area contributed by atoms with Crippen molar-refractivity contribution in [2.45, 2.75) is 10.4 Å². The van der Waals surface area contributed by atoms with Gasteiger partial charge in [0, 0.05) is 17.0 Å². The molecule has 1 heterocycles. The van der Waals surface area contributed by atoms with Gasteiger partial charge in [0.1, 0.15) is 0 Å². The molecule has 2 rings (SSSR count). The van der Waals surface area contributed by atoms with Crippen molar-refractivity contribution >= 4 is 29.3 Å². The molecule has 0 aromatic heterocycles. The monoisotopic (exact) mass is 273 g/mol. The highest BCUT2D eigenvalue weighted by Gasteiger charge is 2.29. The van der Waals surface area contributed by atoms with Crippen LogP contribution >= 0.6 is 11.8 Å². The molecule has 0 aliphatic carbocycles. The van der Waals surface area contributed by atoms with Crippen molar-refractivity contribution in [2.24, 2.45) is 0 Å².